The molecule has 158 valence electrons. The van der Waals surface area contributed by atoms with Gasteiger partial charge in [0.1, 0.15) is 6.04 Å². The van der Waals surface area contributed by atoms with Crippen LogP contribution in [0.15, 0.2) is 0 Å². The summed E-state index contributed by atoms with van der Waals surface area (Å²) in [6.45, 7) is 1.15. The van der Waals surface area contributed by atoms with Gasteiger partial charge in [0.05, 0.1) is 12.1 Å². The van der Waals surface area contributed by atoms with Crippen molar-refractivity contribution in [3.05, 3.63) is 0 Å². The molecule has 0 heterocycles. The lowest BCUT2D eigenvalue weighted by molar-refractivity contribution is -0.139. The average molecular weight is 403 g/mol. The molecule has 3 atom stereocenters. The molecule has 0 aliphatic heterocycles. The zero-order valence-electron chi connectivity index (χ0n) is 15.3. The van der Waals surface area contributed by atoms with Gasteiger partial charge < -0.3 is 31.7 Å². The Morgan fingerprint density at radius 1 is 0.714 bits per heavy atom. The quantitative estimate of drug-likeness (QED) is 0.197. The molecular weight excluding hydrogens is 378 g/mol. The lowest BCUT2D eigenvalue weighted by Gasteiger charge is -2.23. The lowest BCUT2D eigenvalue weighted by atomic mass is 10.0. The highest BCUT2D eigenvalue weighted by molar-refractivity contribution is 5.93. The third-order valence-electron chi connectivity index (χ3n) is 3.74. The second kappa shape index (κ2) is 12.4. The molecular formula is C16H25N3O9. The smallest absolute Gasteiger partial charge is 0.303 e. The monoisotopic (exact) mass is 403 g/mol. The summed E-state index contributed by atoms with van der Waals surface area (Å²) in [4.78, 5) is 68.0. The van der Waals surface area contributed by atoms with Crippen LogP contribution in [-0.2, 0) is 28.8 Å². The van der Waals surface area contributed by atoms with E-state index < -0.39 is 60.1 Å². The molecule has 7 N–H and O–H groups in total. The fourth-order valence-electron chi connectivity index (χ4n) is 2.14. The van der Waals surface area contributed by atoms with Crippen LogP contribution in [0.1, 0.15) is 45.4 Å². The van der Waals surface area contributed by atoms with Crippen LogP contribution in [0.3, 0.4) is 0 Å². The topological polar surface area (TPSA) is 213 Å². The van der Waals surface area contributed by atoms with Crippen LogP contribution in [0, 0.1) is 0 Å². The molecule has 0 aromatic rings. The number of hydrogen-bond acceptors (Lipinski definition) is 7. The first-order valence-corrected chi connectivity index (χ1v) is 8.46. The van der Waals surface area contributed by atoms with E-state index in [2.05, 4.69) is 10.6 Å². The zero-order chi connectivity index (χ0) is 21.9. The second-order valence-electron chi connectivity index (χ2n) is 6.14. The third-order valence-corrected chi connectivity index (χ3v) is 3.74. The highest BCUT2D eigenvalue weighted by Gasteiger charge is 2.27. The second-order valence-corrected chi connectivity index (χ2v) is 6.14. The minimum Gasteiger partial charge on any atom is -0.481 e. The van der Waals surface area contributed by atoms with E-state index in [0.29, 0.717) is 0 Å². The number of hydrogen-bond donors (Lipinski definition) is 6. The van der Waals surface area contributed by atoms with Gasteiger partial charge in [-0.2, -0.15) is 0 Å². The summed E-state index contributed by atoms with van der Waals surface area (Å²) in [6.07, 6.45) is -1.89. The summed E-state index contributed by atoms with van der Waals surface area (Å²) in [7, 11) is 0. The van der Waals surface area contributed by atoms with E-state index in [1.165, 1.54) is 0 Å². The fourth-order valence-corrected chi connectivity index (χ4v) is 2.14. The summed E-state index contributed by atoms with van der Waals surface area (Å²) < 4.78 is 0. The molecule has 0 aliphatic carbocycles. The van der Waals surface area contributed by atoms with Crippen molar-refractivity contribution < 1.29 is 44.1 Å². The van der Waals surface area contributed by atoms with Crippen molar-refractivity contribution in [3.8, 4) is 0 Å². The summed E-state index contributed by atoms with van der Waals surface area (Å²) >= 11 is 0. The highest BCUT2D eigenvalue weighted by Crippen LogP contribution is 2.05. The fraction of sp³-hybridized carbons (Fsp3) is 0.625. The van der Waals surface area contributed by atoms with Crippen LogP contribution in [0.4, 0.5) is 0 Å². The average Bonchev–Trinajstić information content (AvgIpc) is 2.58. The molecule has 0 rings (SSSR count). The predicted octanol–water partition coefficient (Wildman–Crippen LogP) is -1.53. The van der Waals surface area contributed by atoms with Gasteiger partial charge in [0, 0.05) is 19.3 Å². The number of nitrogens with one attached hydrogen (secondary N) is 2. The summed E-state index contributed by atoms with van der Waals surface area (Å²) in [5.74, 6) is -5.78. The standard InChI is InChI=1S/C16H25N3O9/c1-8(20)10(3-6-13(23)24)18-16(28)11(4-7-14(25)26)19-15(27)9(17)2-5-12(21)22/h9-11H,2-7,17H2,1H3,(H,18,28)(H,19,27)(H,21,22)(H,23,24)(H,25,26). The van der Waals surface area contributed by atoms with Gasteiger partial charge >= 0.3 is 17.9 Å². The van der Waals surface area contributed by atoms with E-state index in [4.69, 9.17) is 21.1 Å². The van der Waals surface area contributed by atoms with Gasteiger partial charge in [-0.15, -0.1) is 0 Å². The molecule has 0 aliphatic rings. The van der Waals surface area contributed by atoms with Crippen molar-refractivity contribution in [2.75, 3.05) is 0 Å². The maximum absolute atomic E-state index is 12.4. The van der Waals surface area contributed by atoms with E-state index in [1.54, 1.807) is 0 Å². The number of carboxylic acids is 3. The first kappa shape index (κ1) is 25.0. The number of aliphatic carboxylic acids is 3. The van der Waals surface area contributed by atoms with Gasteiger partial charge in [-0.1, -0.05) is 0 Å². The van der Waals surface area contributed by atoms with Crippen LogP contribution in [0.5, 0.6) is 0 Å². The van der Waals surface area contributed by atoms with Gasteiger partial charge in [0.25, 0.3) is 0 Å². The zero-order valence-corrected chi connectivity index (χ0v) is 15.3. The van der Waals surface area contributed by atoms with Crippen molar-refractivity contribution in [2.24, 2.45) is 5.73 Å². The number of amides is 2. The number of nitrogens with two attached hydrogens (primary N) is 1. The number of rotatable bonds is 14. The molecule has 0 aromatic carbocycles. The molecule has 0 aromatic heterocycles. The Balaban J connectivity index is 5.08. The van der Waals surface area contributed by atoms with Gasteiger partial charge in [-0.05, 0) is 26.2 Å². The molecule has 28 heavy (non-hydrogen) atoms. The summed E-state index contributed by atoms with van der Waals surface area (Å²) in [5, 5.41) is 30.6. The number of carbonyl (C=O) groups is 6. The van der Waals surface area contributed by atoms with E-state index >= 15 is 0 Å². The van der Waals surface area contributed by atoms with E-state index in [1.807, 2.05) is 0 Å². The van der Waals surface area contributed by atoms with Crippen molar-refractivity contribution >= 4 is 35.5 Å². The normalized spacial score (nSPS) is 13.6. The molecule has 0 saturated carbocycles. The molecule has 2 amide bonds. The van der Waals surface area contributed by atoms with Gasteiger partial charge in [0.15, 0.2) is 5.78 Å². The highest BCUT2D eigenvalue weighted by atomic mass is 16.4. The maximum Gasteiger partial charge on any atom is 0.303 e. The third kappa shape index (κ3) is 10.9. The number of carbonyl (C=O) groups excluding carboxylic acids is 3. The summed E-state index contributed by atoms with van der Waals surface area (Å²) in [5.41, 5.74) is 5.56. The van der Waals surface area contributed by atoms with Gasteiger partial charge in [-0.3, -0.25) is 28.8 Å². The molecule has 0 saturated heterocycles. The Morgan fingerprint density at radius 2 is 1.11 bits per heavy atom. The SMILES string of the molecule is CC(=O)C(CCC(=O)O)NC(=O)C(CCC(=O)O)NC(=O)C(N)CCC(=O)O. The first-order chi connectivity index (χ1) is 12.9. The van der Waals surface area contributed by atoms with Gasteiger partial charge in [0.2, 0.25) is 11.8 Å². The minimum atomic E-state index is -1.34. The maximum atomic E-state index is 12.4. The molecule has 12 heteroatoms. The van der Waals surface area contributed by atoms with E-state index in [-0.39, 0.29) is 32.1 Å². The summed E-state index contributed by atoms with van der Waals surface area (Å²) in [6, 6.07) is -3.69. The predicted molar refractivity (Wildman–Crippen MR) is 93.1 cm³/mol. The number of ketones is 1. The molecule has 0 spiro atoms. The Labute approximate surface area is 160 Å². The van der Waals surface area contributed by atoms with E-state index in [0.717, 1.165) is 6.92 Å². The van der Waals surface area contributed by atoms with Crippen LogP contribution in [0.25, 0.3) is 0 Å². The Morgan fingerprint density at radius 3 is 1.54 bits per heavy atom. The Bertz CT molecular complexity index is 620. The van der Waals surface area contributed by atoms with Crippen molar-refractivity contribution in [3.63, 3.8) is 0 Å². The minimum absolute atomic E-state index is 0.172. The van der Waals surface area contributed by atoms with Crippen LogP contribution in [0.2, 0.25) is 0 Å². The Hall–Kier alpha value is -3.02. The molecule has 0 fully saturated rings. The molecule has 0 bridgehead atoms. The van der Waals surface area contributed by atoms with Crippen LogP contribution >= 0.6 is 0 Å². The lowest BCUT2D eigenvalue weighted by Crippen LogP contribution is -2.54. The largest absolute Gasteiger partial charge is 0.481 e. The van der Waals surface area contributed by atoms with E-state index in [9.17, 15) is 28.8 Å². The van der Waals surface area contributed by atoms with Crippen molar-refractivity contribution in [2.45, 2.75) is 63.6 Å². The molecule has 12 nitrogen and oxygen atoms in total. The first-order valence-electron chi connectivity index (χ1n) is 8.46. The van der Waals surface area contributed by atoms with Crippen molar-refractivity contribution in [1.29, 1.82) is 0 Å². The van der Waals surface area contributed by atoms with Crippen molar-refractivity contribution in [1.82, 2.24) is 10.6 Å². The van der Waals surface area contributed by atoms with Crippen LogP contribution < -0.4 is 16.4 Å². The molecule has 0 radical (unpaired) electrons. The van der Waals surface area contributed by atoms with Gasteiger partial charge in [-0.25, -0.2) is 0 Å². The number of carboxylic acid groups (broad SMARTS) is 3. The van der Waals surface area contributed by atoms with Crippen LogP contribution in [-0.4, -0.2) is 69.0 Å². The number of Topliss-reactive ketones (excluding diaryl/α,β-unsaturated/α-hetero) is 1. The molecule has 3 unspecified atom stereocenters. The Kier molecular flexibility index (Phi) is 11.0.